The number of aliphatic hydroxyl groups excluding tert-OH is 6. The fourth-order valence-corrected chi connectivity index (χ4v) is 3.13. The standard InChI is InChI=1S/C22H41N3O11/c26-5-17(6-27)11-34-14-22(15-35-12-18(7-28)8-29,16-36-13-19(9-30)10-31)25-4-20(23-24-25)2-1-3-21(32)33/h4,17-19,26-31H,1-3,5-16H2,(H,32,33). The van der Waals surface area contributed by atoms with Crippen molar-refractivity contribution in [3.05, 3.63) is 11.9 Å². The van der Waals surface area contributed by atoms with Crippen molar-refractivity contribution in [2.24, 2.45) is 17.8 Å². The Morgan fingerprint density at radius 3 is 1.58 bits per heavy atom. The second-order valence-corrected chi connectivity index (χ2v) is 8.86. The minimum Gasteiger partial charge on any atom is -0.481 e. The number of aliphatic carboxylic acids is 1. The first-order valence-electron chi connectivity index (χ1n) is 11.9. The minimum absolute atomic E-state index is 0.0234. The highest BCUT2D eigenvalue weighted by molar-refractivity contribution is 5.66. The summed E-state index contributed by atoms with van der Waals surface area (Å²) >= 11 is 0. The van der Waals surface area contributed by atoms with E-state index in [0.29, 0.717) is 18.5 Å². The van der Waals surface area contributed by atoms with Crippen LogP contribution in [0.25, 0.3) is 0 Å². The van der Waals surface area contributed by atoms with Crippen molar-refractivity contribution >= 4 is 5.97 Å². The number of ether oxygens (including phenoxy) is 3. The van der Waals surface area contributed by atoms with Gasteiger partial charge in [-0.25, -0.2) is 4.68 Å². The summed E-state index contributed by atoms with van der Waals surface area (Å²) in [6.45, 7) is -1.74. The molecule has 0 saturated heterocycles. The van der Waals surface area contributed by atoms with E-state index in [-0.39, 0.29) is 85.7 Å². The number of carboxylic acid groups (broad SMARTS) is 1. The molecule has 0 aliphatic rings. The number of aliphatic hydroxyl groups is 6. The summed E-state index contributed by atoms with van der Waals surface area (Å²) in [5.74, 6) is -2.44. The quantitative estimate of drug-likeness (QED) is 0.0774. The molecule has 14 heteroatoms. The van der Waals surface area contributed by atoms with Crippen LogP contribution in [-0.2, 0) is 31.0 Å². The lowest BCUT2D eigenvalue weighted by Gasteiger charge is -2.34. The molecule has 0 radical (unpaired) electrons. The summed E-state index contributed by atoms with van der Waals surface area (Å²) in [5, 5.41) is 73.3. The minimum atomic E-state index is -1.13. The summed E-state index contributed by atoms with van der Waals surface area (Å²) in [5.41, 5.74) is -0.588. The van der Waals surface area contributed by atoms with Crippen LogP contribution in [0.4, 0.5) is 0 Å². The van der Waals surface area contributed by atoms with Gasteiger partial charge in [-0.3, -0.25) is 4.79 Å². The SMILES string of the molecule is O=C(O)CCCc1cn(C(COCC(CO)CO)(COCC(CO)CO)COCC(CO)CO)nn1. The average molecular weight is 524 g/mol. The van der Waals surface area contributed by atoms with Gasteiger partial charge >= 0.3 is 5.97 Å². The third-order valence-electron chi connectivity index (χ3n) is 5.57. The fraction of sp³-hybridized carbons (Fsp3) is 0.864. The van der Waals surface area contributed by atoms with Gasteiger partial charge in [-0.05, 0) is 12.8 Å². The van der Waals surface area contributed by atoms with Crippen molar-refractivity contribution in [2.45, 2.75) is 24.8 Å². The fourth-order valence-electron chi connectivity index (χ4n) is 3.13. The maximum Gasteiger partial charge on any atom is 0.303 e. The number of aromatic nitrogens is 3. The van der Waals surface area contributed by atoms with Crippen LogP contribution >= 0.6 is 0 Å². The molecule has 0 aliphatic heterocycles. The summed E-state index contributed by atoms with van der Waals surface area (Å²) in [6, 6.07) is 0. The first kappa shape index (κ1) is 32.3. The van der Waals surface area contributed by atoms with Crippen LogP contribution in [0.5, 0.6) is 0 Å². The van der Waals surface area contributed by atoms with Gasteiger partial charge < -0.3 is 50.0 Å². The third kappa shape index (κ3) is 11.5. The lowest BCUT2D eigenvalue weighted by molar-refractivity contribution is -0.137. The van der Waals surface area contributed by atoms with Gasteiger partial charge in [-0.2, -0.15) is 0 Å². The van der Waals surface area contributed by atoms with Crippen molar-refractivity contribution in [1.82, 2.24) is 15.0 Å². The van der Waals surface area contributed by atoms with Crippen molar-refractivity contribution in [2.75, 3.05) is 79.3 Å². The molecule has 1 rings (SSSR count). The highest BCUT2D eigenvalue weighted by Crippen LogP contribution is 2.21. The lowest BCUT2D eigenvalue weighted by atomic mass is 10.0. The maximum atomic E-state index is 10.8. The molecule has 7 N–H and O–H groups in total. The number of hydrogen-bond donors (Lipinski definition) is 7. The Morgan fingerprint density at radius 1 is 0.806 bits per heavy atom. The number of nitrogens with zero attached hydrogens (tertiary/aromatic N) is 3. The first-order valence-corrected chi connectivity index (χ1v) is 11.9. The highest BCUT2D eigenvalue weighted by Gasteiger charge is 2.36. The van der Waals surface area contributed by atoms with Gasteiger partial charge in [0.05, 0.1) is 85.0 Å². The topological polar surface area (TPSA) is 217 Å². The Kier molecular flexibility index (Phi) is 16.6. The molecule has 0 unspecified atom stereocenters. The monoisotopic (exact) mass is 523 g/mol. The smallest absolute Gasteiger partial charge is 0.303 e. The van der Waals surface area contributed by atoms with Crippen molar-refractivity contribution in [3.63, 3.8) is 0 Å². The Balaban J connectivity index is 3.14. The van der Waals surface area contributed by atoms with Gasteiger partial charge in [0.25, 0.3) is 0 Å². The highest BCUT2D eigenvalue weighted by atomic mass is 16.5. The van der Waals surface area contributed by atoms with Gasteiger partial charge in [-0.15, -0.1) is 5.10 Å². The molecule has 36 heavy (non-hydrogen) atoms. The van der Waals surface area contributed by atoms with E-state index in [1.165, 1.54) is 4.68 Å². The Labute approximate surface area is 210 Å². The molecule has 0 atom stereocenters. The third-order valence-corrected chi connectivity index (χ3v) is 5.57. The van der Waals surface area contributed by atoms with Gasteiger partial charge in [0.15, 0.2) is 0 Å². The zero-order chi connectivity index (χ0) is 26.8. The molecule has 0 spiro atoms. The summed E-state index contributed by atoms with van der Waals surface area (Å²) in [4.78, 5) is 10.8. The van der Waals surface area contributed by atoms with E-state index in [4.69, 9.17) is 19.3 Å². The lowest BCUT2D eigenvalue weighted by Crippen LogP contribution is -2.49. The van der Waals surface area contributed by atoms with Gasteiger partial charge in [0.1, 0.15) is 5.54 Å². The Morgan fingerprint density at radius 2 is 1.22 bits per heavy atom. The second kappa shape index (κ2) is 18.5. The average Bonchev–Trinajstić information content (AvgIpc) is 3.36. The van der Waals surface area contributed by atoms with Crippen LogP contribution in [0, 0.1) is 17.8 Å². The van der Waals surface area contributed by atoms with E-state index in [0.717, 1.165) is 0 Å². The number of carboxylic acids is 1. The predicted octanol–water partition coefficient (Wildman–Crippen LogP) is -2.77. The Bertz CT molecular complexity index is 649. The molecule has 0 amide bonds. The van der Waals surface area contributed by atoms with Crippen LogP contribution in [-0.4, -0.2) is 136 Å². The molecular formula is C22H41N3O11. The molecular weight excluding hydrogens is 482 g/mol. The van der Waals surface area contributed by atoms with Crippen molar-refractivity contribution in [3.8, 4) is 0 Å². The number of rotatable bonds is 23. The largest absolute Gasteiger partial charge is 0.481 e. The molecule has 0 aliphatic carbocycles. The van der Waals surface area contributed by atoms with Crippen LogP contribution in [0.3, 0.4) is 0 Å². The normalized spacial score (nSPS) is 12.4. The molecule has 1 heterocycles. The van der Waals surface area contributed by atoms with Gasteiger partial charge in [0.2, 0.25) is 0 Å². The summed E-state index contributed by atoms with van der Waals surface area (Å²) in [6.07, 6.45) is 2.34. The molecule has 1 aromatic heterocycles. The molecule has 0 fully saturated rings. The Hall–Kier alpha value is -1.75. The van der Waals surface area contributed by atoms with Crippen LogP contribution < -0.4 is 0 Å². The molecule has 0 bridgehead atoms. The zero-order valence-electron chi connectivity index (χ0n) is 20.5. The van der Waals surface area contributed by atoms with Crippen molar-refractivity contribution < 1.29 is 54.8 Å². The van der Waals surface area contributed by atoms with E-state index < -0.39 is 29.3 Å². The van der Waals surface area contributed by atoms with E-state index in [9.17, 15) is 35.4 Å². The maximum absolute atomic E-state index is 10.8. The first-order chi connectivity index (χ1) is 17.4. The molecule has 14 nitrogen and oxygen atoms in total. The number of hydrogen-bond acceptors (Lipinski definition) is 12. The van der Waals surface area contributed by atoms with Crippen LogP contribution in [0.1, 0.15) is 18.5 Å². The van der Waals surface area contributed by atoms with E-state index >= 15 is 0 Å². The summed E-state index contributed by atoms with van der Waals surface area (Å²) < 4.78 is 18.9. The number of aryl methyl sites for hydroxylation is 1. The molecule has 0 saturated carbocycles. The second-order valence-electron chi connectivity index (χ2n) is 8.86. The summed E-state index contributed by atoms with van der Waals surface area (Å²) in [7, 11) is 0. The number of carbonyl (C=O) groups is 1. The predicted molar refractivity (Wildman–Crippen MR) is 124 cm³/mol. The van der Waals surface area contributed by atoms with Gasteiger partial charge in [0, 0.05) is 30.4 Å². The van der Waals surface area contributed by atoms with E-state index in [1.54, 1.807) is 6.20 Å². The molecule has 0 aromatic carbocycles. The molecule has 210 valence electrons. The van der Waals surface area contributed by atoms with Crippen molar-refractivity contribution in [1.29, 1.82) is 0 Å². The molecule has 1 aromatic rings. The zero-order valence-corrected chi connectivity index (χ0v) is 20.5. The van der Waals surface area contributed by atoms with E-state index in [1.807, 2.05) is 0 Å². The van der Waals surface area contributed by atoms with Gasteiger partial charge in [-0.1, -0.05) is 5.21 Å². The van der Waals surface area contributed by atoms with Crippen LogP contribution in [0.15, 0.2) is 6.20 Å². The van der Waals surface area contributed by atoms with Crippen LogP contribution in [0.2, 0.25) is 0 Å². The van der Waals surface area contributed by atoms with E-state index in [2.05, 4.69) is 10.3 Å².